The van der Waals surface area contributed by atoms with Crippen molar-refractivity contribution in [2.75, 3.05) is 13.1 Å². The van der Waals surface area contributed by atoms with Crippen molar-refractivity contribution >= 4 is 5.91 Å². The van der Waals surface area contributed by atoms with Gasteiger partial charge in [-0.25, -0.2) is 0 Å². The fourth-order valence-corrected chi connectivity index (χ4v) is 3.59. The summed E-state index contributed by atoms with van der Waals surface area (Å²) in [6.45, 7) is 6.07. The van der Waals surface area contributed by atoms with E-state index in [-0.39, 0.29) is 5.91 Å². The summed E-state index contributed by atoms with van der Waals surface area (Å²) in [7, 11) is 0. The molecule has 1 aromatic rings. The number of carbonyl (C=O) groups excluding carboxylic acids is 1. The number of hydrogen-bond donors (Lipinski definition) is 1. The van der Waals surface area contributed by atoms with Crippen LogP contribution in [0.4, 0.5) is 0 Å². The molecule has 0 aliphatic carbocycles. The Balaban J connectivity index is 1.59. The van der Waals surface area contributed by atoms with Gasteiger partial charge >= 0.3 is 0 Å². The molecule has 110 valence electrons. The maximum atomic E-state index is 12.2. The molecule has 2 atom stereocenters. The first kappa shape index (κ1) is 13.6. The van der Waals surface area contributed by atoms with Crippen molar-refractivity contribution < 1.29 is 9.32 Å². The van der Waals surface area contributed by atoms with Gasteiger partial charge in [0.15, 0.2) is 0 Å². The maximum absolute atomic E-state index is 12.2. The number of nitrogens with one attached hydrogen (secondary N) is 1. The molecule has 0 aromatic carbocycles. The molecule has 5 heteroatoms. The molecular weight excluding hydrogens is 254 g/mol. The van der Waals surface area contributed by atoms with E-state index in [0.29, 0.717) is 18.5 Å². The van der Waals surface area contributed by atoms with E-state index in [2.05, 4.69) is 15.4 Å². The van der Waals surface area contributed by atoms with Crippen LogP contribution in [0.1, 0.15) is 42.7 Å². The van der Waals surface area contributed by atoms with Crippen molar-refractivity contribution in [3.63, 3.8) is 0 Å². The van der Waals surface area contributed by atoms with E-state index in [1.807, 2.05) is 13.8 Å². The largest absolute Gasteiger partial charge is 0.361 e. The molecule has 20 heavy (non-hydrogen) atoms. The standard InChI is InChI=1S/C15H23N3O2/c1-10-12(11(2)20-17-10)9-15(19)16-13-6-8-18-7-4-3-5-14(13)18/h13-14H,3-9H2,1-2H3,(H,16,19)/t13-,14-/m0/s1. The fraction of sp³-hybridized carbons (Fsp3) is 0.733. The van der Waals surface area contributed by atoms with Gasteiger partial charge in [-0.3, -0.25) is 9.69 Å². The minimum Gasteiger partial charge on any atom is -0.361 e. The number of piperidine rings is 1. The second-order valence-corrected chi connectivity index (χ2v) is 6.04. The molecule has 1 aromatic heterocycles. The molecule has 0 radical (unpaired) electrons. The third kappa shape index (κ3) is 2.59. The summed E-state index contributed by atoms with van der Waals surface area (Å²) in [6, 6.07) is 0.876. The number of rotatable bonds is 3. The van der Waals surface area contributed by atoms with Crippen molar-refractivity contribution in [3.8, 4) is 0 Å². The van der Waals surface area contributed by atoms with Crippen LogP contribution in [0.3, 0.4) is 0 Å². The summed E-state index contributed by atoms with van der Waals surface area (Å²) in [5.74, 6) is 0.847. The Morgan fingerprint density at radius 3 is 2.95 bits per heavy atom. The van der Waals surface area contributed by atoms with Gasteiger partial charge in [0.25, 0.3) is 0 Å². The summed E-state index contributed by atoms with van der Waals surface area (Å²) in [6.07, 6.45) is 5.27. The van der Waals surface area contributed by atoms with E-state index in [1.54, 1.807) is 0 Å². The van der Waals surface area contributed by atoms with E-state index < -0.39 is 0 Å². The van der Waals surface area contributed by atoms with Gasteiger partial charge in [0.2, 0.25) is 5.91 Å². The molecular formula is C15H23N3O2. The van der Waals surface area contributed by atoms with Crippen LogP contribution in [0.15, 0.2) is 4.52 Å². The number of nitrogens with zero attached hydrogens (tertiary/aromatic N) is 2. The van der Waals surface area contributed by atoms with Gasteiger partial charge < -0.3 is 9.84 Å². The number of aryl methyl sites for hydroxylation is 2. The van der Waals surface area contributed by atoms with E-state index in [1.165, 1.54) is 25.8 Å². The first-order valence-electron chi connectivity index (χ1n) is 7.60. The van der Waals surface area contributed by atoms with E-state index >= 15 is 0 Å². The molecule has 2 aliphatic heterocycles. The molecule has 1 N–H and O–H groups in total. The molecule has 0 saturated carbocycles. The van der Waals surface area contributed by atoms with Gasteiger partial charge in [-0.05, 0) is 39.7 Å². The van der Waals surface area contributed by atoms with Gasteiger partial charge in [-0.2, -0.15) is 0 Å². The van der Waals surface area contributed by atoms with Crippen molar-refractivity contribution in [1.29, 1.82) is 0 Å². The molecule has 2 fully saturated rings. The Kier molecular flexibility index (Phi) is 3.78. The number of fused-ring (bicyclic) bond motifs is 1. The number of amides is 1. The molecule has 0 bridgehead atoms. The number of carbonyl (C=O) groups is 1. The van der Waals surface area contributed by atoms with Gasteiger partial charge in [0.1, 0.15) is 5.76 Å². The molecule has 3 rings (SSSR count). The van der Waals surface area contributed by atoms with Gasteiger partial charge in [-0.15, -0.1) is 0 Å². The molecule has 0 spiro atoms. The predicted octanol–water partition coefficient (Wildman–Crippen LogP) is 1.58. The molecule has 2 saturated heterocycles. The highest BCUT2D eigenvalue weighted by Crippen LogP contribution is 2.27. The Labute approximate surface area is 119 Å². The predicted molar refractivity (Wildman–Crippen MR) is 75.4 cm³/mol. The smallest absolute Gasteiger partial charge is 0.224 e. The SMILES string of the molecule is Cc1noc(C)c1CC(=O)N[C@H]1CCN2CCCC[C@@H]12. The Hall–Kier alpha value is -1.36. The zero-order chi connectivity index (χ0) is 14.1. The normalized spacial score (nSPS) is 26.5. The Morgan fingerprint density at radius 1 is 1.35 bits per heavy atom. The average Bonchev–Trinajstić information content (AvgIpc) is 2.98. The summed E-state index contributed by atoms with van der Waals surface area (Å²) >= 11 is 0. The van der Waals surface area contributed by atoms with Crippen LogP contribution in [0.25, 0.3) is 0 Å². The lowest BCUT2D eigenvalue weighted by atomic mass is 9.98. The van der Waals surface area contributed by atoms with Crippen LogP contribution in [-0.2, 0) is 11.2 Å². The van der Waals surface area contributed by atoms with Crippen LogP contribution in [0, 0.1) is 13.8 Å². The first-order valence-corrected chi connectivity index (χ1v) is 7.60. The van der Waals surface area contributed by atoms with Crippen LogP contribution in [0.5, 0.6) is 0 Å². The van der Waals surface area contributed by atoms with Crippen LogP contribution in [-0.4, -0.2) is 41.1 Å². The zero-order valence-corrected chi connectivity index (χ0v) is 12.3. The first-order chi connectivity index (χ1) is 9.65. The van der Waals surface area contributed by atoms with Gasteiger partial charge in [0.05, 0.1) is 12.1 Å². The maximum Gasteiger partial charge on any atom is 0.224 e. The fourth-order valence-electron chi connectivity index (χ4n) is 3.59. The lowest BCUT2D eigenvalue weighted by Gasteiger charge is -2.32. The van der Waals surface area contributed by atoms with Gasteiger partial charge in [-0.1, -0.05) is 11.6 Å². The summed E-state index contributed by atoms with van der Waals surface area (Å²) in [4.78, 5) is 14.8. The molecule has 0 unspecified atom stereocenters. The molecule has 2 aliphatic rings. The highest BCUT2D eigenvalue weighted by Gasteiger charge is 2.36. The van der Waals surface area contributed by atoms with Crippen molar-refractivity contribution in [2.24, 2.45) is 0 Å². The zero-order valence-electron chi connectivity index (χ0n) is 12.3. The minimum atomic E-state index is 0.0943. The van der Waals surface area contributed by atoms with Crippen molar-refractivity contribution in [1.82, 2.24) is 15.4 Å². The monoisotopic (exact) mass is 277 g/mol. The lowest BCUT2D eigenvalue weighted by Crippen LogP contribution is -2.47. The summed E-state index contributed by atoms with van der Waals surface area (Å²) < 4.78 is 5.11. The Bertz CT molecular complexity index is 478. The Morgan fingerprint density at radius 2 is 2.20 bits per heavy atom. The highest BCUT2D eigenvalue weighted by molar-refractivity contribution is 5.79. The van der Waals surface area contributed by atoms with Gasteiger partial charge in [0, 0.05) is 24.2 Å². The second kappa shape index (κ2) is 5.56. The topological polar surface area (TPSA) is 58.4 Å². The highest BCUT2D eigenvalue weighted by atomic mass is 16.5. The molecule has 1 amide bonds. The van der Waals surface area contributed by atoms with Crippen LogP contribution < -0.4 is 5.32 Å². The van der Waals surface area contributed by atoms with E-state index in [9.17, 15) is 4.79 Å². The molecule has 3 heterocycles. The quantitative estimate of drug-likeness (QED) is 0.911. The number of hydrogen-bond acceptors (Lipinski definition) is 4. The minimum absolute atomic E-state index is 0.0943. The van der Waals surface area contributed by atoms with Crippen LogP contribution >= 0.6 is 0 Å². The molecule has 5 nitrogen and oxygen atoms in total. The third-order valence-corrected chi connectivity index (χ3v) is 4.72. The van der Waals surface area contributed by atoms with Crippen LogP contribution in [0.2, 0.25) is 0 Å². The van der Waals surface area contributed by atoms with E-state index in [0.717, 1.165) is 30.0 Å². The average molecular weight is 277 g/mol. The third-order valence-electron chi connectivity index (χ3n) is 4.72. The van der Waals surface area contributed by atoms with Crippen molar-refractivity contribution in [3.05, 3.63) is 17.0 Å². The number of aromatic nitrogens is 1. The van der Waals surface area contributed by atoms with E-state index in [4.69, 9.17) is 4.52 Å². The van der Waals surface area contributed by atoms with Crippen molar-refractivity contribution in [2.45, 2.75) is 58.0 Å². The summed E-state index contributed by atoms with van der Waals surface area (Å²) in [5.41, 5.74) is 1.75. The summed E-state index contributed by atoms with van der Waals surface area (Å²) in [5, 5.41) is 7.12. The second-order valence-electron chi connectivity index (χ2n) is 6.04. The lowest BCUT2D eigenvalue weighted by molar-refractivity contribution is -0.121.